The zero-order chi connectivity index (χ0) is 23.0. The third-order valence-electron chi connectivity index (χ3n) is 5.57. The summed E-state index contributed by atoms with van der Waals surface area (Å²) >= 11 is 1.51. The summed E-state index contributed by atoms with van der Waals surface area (Å²) in [5.41, 5.74) is 10.0. The van der Waals surface area contributed by atoms with Crippen molar-refractivity contribution in [1.82, 2.24) is 0 Å². The van der Waals surface area contributed by atoms with Crippen molar-refractivity contribution < 1.29 is 49.0 Å². The van der Waals surface area contributed by atoms with E-state index in [1.165, 1.54) is 63.2 Å². The molecular weight excluding hydrogens is 534 g/mol. The van der Waals surface area contributed by atoms with Gasteiger partial charge in [-0.1, -0.05) is 68.5 Å². The van der Waals surface area contributed by atoms with Crippen molar-refractivity contribution in [3.05, 3.63) is 125 Å². The summed E-state index contributed by atoms with van der Waals surface area (Å²) in [5.74, 6) is 0. The molecular formula is C31H32Cl2Zr-2. The monoisotopic (exact) mass is 564 g/mol. The molecule has 1 aliphatic rings. The normalized spacial score (nSPS) is 10.6. The third-order valence-corrected chi connectivity index (χ3v) is 6.07. The maximum Gasteiger partial charge on any atom is -0.0253 e. The van der Waals surface area contributed by atoms with Crippen LogP contribution in [-0.2, 0) is 42.5 Å². The van der Waals surface area contributed by atoms with Gasteiger partial charge in [-0.3, -0.25) is 0 Å². The summed E-state index contributed by atoms with van der Waals surface area (Å²) in [7, 11) is 0. The van der Waals surface area contributed by atoms with E-state index < -0.39 is 0 Å². The van der Waals surface area contributed by atoms with Crippen LogP contribution in [-0.4, -0.2) is 3.71 Å². The predicted molar refractivity (Wildman–Crippen MR) is 135 cm³/mol. The van der Waals surface area contributed by atoms with Crippen LogP contribution in [0.4, 0.5) is 0 Å². The molecule has 4 aromatic rings. The topological polar surface area (TPSA) is 0 Å². The molecule has 0 aromatic heterocycles. The van der Waals surface area contributed by atoms with E-state index in [2.05, 4.69) is 116 Å². The van der Waals surface area contributed by atoms with E-state index in [0.717, 1.165) is 12.8 Å². The van der Waals surface area contributed by atoms with Gasteiger partial charge in [-0.2, -0.15) is 53.1 Å². The van der Waals surface area contributed by atoms with Gasteiger partial charge in [0.05, 0.1) is 0 Å². The minimum absolute atomic E-state index is 0. The molecule has 0 amide bonds. The van der Waals surface area contributed by atoms with Crippen molar-refractivity contribution in [1.29, 1.82) is 0 Å². The van der Waals surface area contributed by atoms with E-state index in [4.69, 9.17) is 0 Å². The van der Waals surface area contributed by atoms with E-state index >= 15 is 0 Å². The van der Waals surface area contributed by atoms with E-state index in [1.54, 1.807) is 0 Å². The molecule has 0 N–H and O–H groups in total. The van der Waals surface area contributed by atoms with Crippen LogP contribution in [0.2, 0.25) is 0 Å². The fourth-order valence-electron chi connectivity index (χ4n) is 3.76. The number of fused-ring (bicyclic) bond motifs is 3. The van der Waals surface area contributed by atoms with Crippen LogP contribution in [0.5, 0.6) is 0 Å². The van der Waals surface area contributed by atoms with Gasteiger partial charge in [0.1, 0.15) is 0 Å². The van der Waals surface area contributed by atoms with Gasteiger partial charge in [-0.25, -0.2) is 6.07 Å². The van der Waals surface area contributed by atoms with E-state index in [1.807, 2.05) is 12.1 Å². The van der Waals surface area contributed by atoms with Gasteiger partial charge in [0.25, 0.3) is 0 Å². The summed E-state index contributed by atoms with van der Waals surface area (Å²) in [6.07, 6.45) is 2.17. The molecule has 0 fully saturated rings. The van der Waals surface area contributed by atoms with Gasteiger partial charge in [0.15, 0.2) is 0 Å². The maximum atomic E-state index is 3.30. The summed E-state index contributed by atoms with van der Waals surface area (Å²) in [4.78, 5) is 0. The molecule has 3 heteroatoms. The Labute approximate surface area is 233 Å². The largest absolute Gasteiger partial charge is 0.179 e. The second-order valence-electron chi connectivity index (χ2n) is 9.22. The van der Waals surface area contributed by atoms with E-state index in [9.17, 15) is 0 Å². The Balaban J connectivity index is 0.000000253. The van der Waals surface area contributed by atoms with Gasteiger partial charge in [-0.15, -0.1) is 5.56 Å². The SMILES string of the molecule is Cc1cc(C(C)(C)C)c[cH-]1.[Cl-].[Cl-].[Zr+2]=[CH]Cc1ccccc1.[c-]1cccc2c1Cc1ccccc1-2. The summed E-state index contributed by atoms with van der Waals surface area (Å²) in [5, 5.41) is 0. The first-order valence-corrected chi connectivity index (χ1v) is 12.6. The molecule has 1 aliphatic carbocycles. The fourth-order valence-corrected chi connectivity index (χ4v) is 4.34. The summed E-state index contributed by atoms with van der Waals surface area (Å²) in [6, 6.07) is 35.2. The molecule has 0 heterocycles. The minimum atomic E-state index is 0. The number of hydrogen-bond donors (Lipinski definition) is 0. The average Bonchev–Trinajstić information content (AvgIpc) is 3.39. The van der Waals surface area contributed by atoms with Gasteiger partial charge >= 0.3 is 70.3 Å². The Morgan fingerprint density at radius 3 is 2.15 bits per heavy atom. The van der Waals surface area contributed by atoms with Crippen molar-refractivity contribution in [2.24, 2.45) is 0 Å². The van der Waals surface area contributed by atoms with Crippen molar-refractivity contribution in [3.63, 3.8) is 0 Å². The number of benzene rings is 3. The zero-order valence-corrected chi connectivity index (χ0v) is 24.4. The number of aryl methyl sites for hydroxylation is 1. The van der Waals surface area contributed by atoms with Crippen LogP contribution in [0.25, 0.3) is 11.1 Å². The first kappa shape index (κ1) is 30.4. The van der Waals surface area contributed by atoms with Gasteiger partial charge < -0.3 is 24.8 Å². The zero-order valence-electron chi connectivity index (χ0n) is 20.4. The molecule has 0 radical (unpaired) electrons. The Hall–Kier alpha value is -1.66. The standard InChI is InChI=1S/C13H9.C10H15.C8H8.2ClH.Zr/c1-3-7-12-10(5-1)9-11-6-2-4-8-13(11)12;1-8-5-6-9(7-8)10(2,3)4;1-2-8-6-4-3-5-7-8;;;/h1-5,7-8H,9H2;5-7H,1-4H3;1,3-7H,2H2;2*1H;/q2*-1;;;;+2/p-2. The molecule has 34 heavy (non-hydrogen) atoms. The molecule has 5 rings (SSSR count). The number of halogens is 2. The fraction of sp³-hybridized carbons (Fsp3) is 0.226. The molecule has 0 spiro atoms. The Morgan fingerprint density at radius 2 is 1.56 bits per heavy atom. The summed E-state index contributed by atoms with van der Waals surface area (Å²) < 4.78 is 2.25. The van der Waals surface area contributed by atoms with Gasteiger partial charge in [-0.05, 0) is 6.42 Å². The Morgan fingerprint density at radius 1 is 0.912 bits per heavy atom. The smallest absolute Gasteiger partial charge is 0.0253 e. The van der Waals surface area contributed by atoms with Crippen LogP contribution in [0.1, 0.15) is 48.6 Å². The first-order chi connectivity index (χ1) is 15.4. The van der Waals surface area contributed by atoms with Crippen LogP contribution in [0.15, 0.2) is 91.0 Å². The molecule has 0 nitrogen and oxygen atoms in total. The van der Waals surface area contributed by atoms with Crippen molar-refractivity contribution >= 4 is 3.71 Å². The molecule has 176 valence electrons. The molecule has 4 aromatic carbocycles. The molecule has 0 unspecified atom stereocenters. The molecule has 0 bridgehead atoms. The molecule has 0 atom stereocenters. The molecule has 0 saturated carbocycles. The van der Waals surface area contributed by atoms with Crippen LogP contribution in [0, 0.1) is 13.0 Å². The Bertz CT molecular complexity index is 1090. The van der Waals surface area contributed by atoms with E-state index in [-0.39, 0.29) is 24.8 Å². The van der Waals surface area contributed by atoms with Crippen molar-refractivity contribution in [2.45, 2.75) is 46.0 Å². The quantitative estimate of drug-likeness (QED) is 0.285. The average molecular weight is 567 g/mol. The molecule has 0 saturated heterocycles. The predicted octanol–water partition coefficient (Wildman–Crippen LogP) is 1.66. The Kier molecular flexibility index (Phi) is 13.1. The second kappa shape index (κ2) is 14.7. The first-order valence-electron chi connectivity index (χ1n) is 11.2. The summed E-state index contributed by atoms with van der Waals surface area (Å²) in [6.45, 7) is 8.85. The third kappa shape index (κ3) is 8.85. The number of hydrogen-bond acceptors (Lipinski definition) is 0. The second-order valence-corrected chi connectivity index (χ2v) is 10.2. The van der Waals surface area contributed by atoms with Gasteiger partial charge in [0.2, 0.25) is 0 Å². The maximum absolute atomic E-state index is 3.30. The van der Waals surface area contributed by atoms with Crippen molar-refractivity contribution in [3.8, 4) is 11.1 Å². The van der Waals surface area contributed by atoms with Crippen LogP contribution >= 0.6 is 0 Å². The van der Waals surface area contributed by atoms with Crippen molar-refractivity contribution in [2.75, 3.05) is 0 Å². The minimum Gasteiger partial charge on any atom is -0.179 e. The van der Waals surface area contributed by atoms with Gasteiger partial charge in [0, 0.05) is 0 Å². The van der Waals surface area contributed by atoms with E-state index in [0.29, 0.717) is 5.41 Å². The van der Waals surface area contributed by atoms with Crippen LogP contribution in [0.3, 0.4) is 0 Å². The molecule has 0 aliphatic heterocycles. The number of rotatable bonds is 2. The van der Waals surface area contributed by atoms with Crippen LogP contribution < -0.4 is 24.8 Å².